The van der Waals surface area contributed by atoms with Crippen molar-refractivity contribution in [2.24, 2.45) is 0 Å². The van der Waals surface area contributed by atoms with Crippen molar-refractivity contribution in [2.45, 2.75) is 52.7 Å². The summed E-state index contributed by atoms with van der Waals surface area (Å²) in [5.74, 6) is 0. The van der Waals surface area contributed by atoms with Crippen molar-refractivity contribution in [2.75, 3.05) is 26.2 Å². The van der Waals surface area contributed by atoms with E-state index in [1.165, 1.54) is 43.7 Å². The lowest BCUT2D eigenvalue weighted by Crippen LogP contribution is -2.42. The summed E-state index contributed by atoms with van der Waals surface area (Å²) in [6.45, 7) is 11.6. The number of aliphatic hydroxyl groups excluding tert-OH is 1. The molecule has 1 fully saturated rings. The van der Waals surface area contributed by atoms with Crippen LogP contribution >= 0.6 is 0 Å². The minimum atomic E-state index is 0.143. The maximum Gasteiger partial charge on any atom is 0.0644 e. The second-order valence-electron chi connectivity index (χ2n) is 5.69. The molecule has 0 spiro atoms. The average molecular weight is 280 g/mol. The van der Waals surface area contributed by atoms with Crippen LogP contribution in [-0.2, 0) is 13.1 Å². The minimum absolute atomic E-state index is 0.143. The SMILES string of the molecule is CCN1CCC(NCc2c(C)nn(CCO)c2C)CC1. The van der Waals surface area contributed by atoms with E-state index in [1.807, 2.05) is 4.68 Å². The molecule has 2 rings (SSSR count). The Hall–Kier alpha value is -0.910. The fraction of sp³-hybridized carbons (Fsp3) is 0.800. The van der Waals surface area contributed by atoms with Crippen molar-refractivity contribution in [3.8, 4) is 0 Å². The van der Waals surface area contributed by atoms with E-state index in [2.05, 4.69) is 36.1 Å². The monoisotopic (exact) mass is 280 g/mol. The van der Waals surface area contributed by atoms with Crippen LogP contribution in [0.4, 0.5) is 0 Å². The largest absolute Gasteiger partial charge is 0.394 e. The first kappa shape index (κ1) is 15.5. The van der Waals surface area contributed by atoms with Crippen molar-refractivity contribution >= 4 is 0 Å². The third kappa shape index (κ3) is 3.59. The van der Waals surface area contributed by atoms with E-state index in [-0.39, 0.29) is 6.61 Å². The smallest absolute Gasteiger partial charge is 0.0644 e. The Balaban J connectivity index is 1.88. The summed E-state index contributed by atoms with van der Waals surface area (Å²) in [6, 6.07) is 0.623. The van der Waals surface area contributed by atoms with Crippen molar-refractivity contribution in [1.82, 2.24) is 20.0 Å². The predicted octanol–water partition coefficient (Wildman–Crippen LogP) is 1.07. The van der Waals surface area contributed by atoms with Gasteiger partial charge < -0.3 is 15.3 Å². The molecule has 5 heteroatoms. The summed E-state index contributed by atoms with van der Waals surface area (Å²) >= 11 is 0. The molecular weight excluding hydrogens is 252 g/mol. The van der Waals surface area contributed by atoms with Gasteiger partial charge in [-0.2, -0.15) is 5.10 Å². The summed E-state index contributed by atoms with van der Waals surface area (Å²) in [6.07, 6.45) is 2.47. The van der Waals surface area contributed by atoms with E-state index in [0.717, 1.165) is 12.2 Å². The summed E-state index contributed by atoms with van der Waals surface area (Å²) in [4.78, 5) is 2.51. The van der Waals surface area contributed by atoms with E-state index in [4.69, 9.17) is 5.11 Å². The van der Waals surface area contributed by atoms with Crippen LogP contribution in [0.2, 0.25) is 0 Å². The molecule has 0 saturated carbocycles. The maximum absolute atomic E-state index is 9.05. The number of aromatic nitrogens is 2. The molecule has 0 bridgehead atoms. The van der Waals surface area contributed by atoms with Gasteiger partial charge in [0, 0.05) is 23.8 Å². The minimum Gasteiger partial charge on any atom is -0.394 e. The highest BCUT2D eigenvalue weighted by atomic mass is 16.3. The van der Waals surface area contributed by atoms with Gasteiger partial charge in [0.1, 0.15) is 0 Å². The van der Waals surface area contributed by atoms with Crippen molar-refractivity contribution < 1.29 is 5.11 Å². The number of piperidine rings is 1. The highest BCUT2D eigenvalue weighted by molar-refractivity contribution is 5.24. The number of aryl methyl sites for hydroxylation is 1. The summed E-state index contributed by atoms with van der Waals surface area (Å²) in [5.41, 5.74) is 3.54. The first-order valence-electron chi connectivity index (χ1n) is 7.75. The topological polar surface area (TPSA) is 53.3 Å². The third-order valence-corrected chi connectivity index (χ3v) is 4.45. The van der Waals surface area contributed by atoms with Gasteiger partial charge in [-0.1, -0.05) is 6.92 Å². The Bertz CT molecular complexity index is 422. The van der Waals surface area contributed by atoms with E-state index >= 15 is 0 Å². The van der Waals surface area contributed by atoms with Gasteiger partial charge in [0.05, 0.1) is 18.8 Å². The lowest BCUT2D eigenvalue weighted by atomic mass is 10.0. The van der Waals surface area contributed by atoms with Crippen LogP contribution in [0.5, 0.6) is 0 Å². The van der Waals surface area contributed by atoms with Crippen LogP contribution < -0.4 is 5.32 Å². The highest BCUT2D eigenvalue weighted by Crippen LogP contribution is 2.15. The zero-order valence-corrected chi connectivity index (χ0v) is 13.0. The molecule has 0 aromatic carbocycles. The maximum atomic E-state index is 9.05. The van der Waals surface area contributed by atoms with Gasteiger partial charge in [-0.05, 0) is 46.3 Å². The molecule has 0 radical (unpaired) electrons. The molecule has 1 saturated heterocycles. The van der Waals surface area contributed by atoms with Crippen molar-refractivity contribution in [1.29, 1.82) is 0 Å². The van der Waals surface area contributed by atoms with Crippen molar-refractivity contribution in [3.05, 3.63) is 17.0 Å². The number of rotatable bonds is 6. The summed E-state index contributed by atoms with van der Waals surface area (Å²) < 4.78 is 1.91. The van der Waals surface area contributed by atoms with Crippen LogP contribution in [0.25, 0.3) is 0 Å². The lowest BCUT2D eigenvalue weighted by molar-refractivity contribution is 0.206. The number of hydrogen-bond donors (Lipinski definition) is 2. The summed E-state index contributed by atoms with van der Waals surface area (Å²) in [7, 11) is 0. The molecule has 1 aromatic heterocycles. The fourth-order valence-electron chi connectivity index (χ4n) is 3.00. The Morgan fingerprint density at radius 2 is 2.00 bits per heavy atom. The molecule has 20 heavy (non-hydrogen) atoms. The zero-order valence-electron chi connectivity index (χ0n) is 13.0. The highest BCUT2D eigenvalue weighted by Gasteiger charge is 2.18. The number of nitrogens with one attached hydrogen (secondary N) is 1. The van der Waals surface area contributed by atoms with E-state index < -0.39 is 0 Å². The van der Waals surface area contributed by atoms with Gasteiger partial charge >= 0.3 is 0 Å². The normalized spacial score (nSPS) is 17.8. The Labute approximate surface area is 122 Å². The molecule has 1 aromatic rings. The van der Waals surface area contributed by atoms with Gasteiger partial charge in [-0.3, -0.25) is 4.68 Å². The van der Waals surface area contributed by atoms with Crippen LogP contribution in [0.1, 0.15) is 36.7 Å². The molecule has 0 unspecified atom stereocenters. The molecular formula is C15H28N4O. The molecule has 2 N–H and O–H groups in total. The first-order valence-corrected chi connectivity index (χ1v) is 7.75. The van der Waals surface area contributed by atoms with Crippen LogP contribution in [0.15, 0.2) is 0 Å². The zero-order chi connectivity index (χ0) is 14.5. The molecule has 114 valence electrons. The number of hydrogen-bond acceptors (Lipinski definition) is 4. The van der Waals surface area contributed by atoms with Gasteiger partial charge in [0.2, 0.25) is 0 Å². The number of aliphatic hydroxyl groups is 1. The standard InChI is InChI=1S/C15H28N4O/c1-4-18-7-5-14(6-8-18)16-11-15-12(2)17-19(9-10-20)13(15)3/h14,16,20H,4-11H2,1-3H3. The molecule has 5 nitrogen and oxygen atoms in total. The Kier molecular flexibility index (Phi) is 5.57. The predicted molar refractivity (Wildman–Crippen MR) is 80.8 cm³/mol. The summed E-state index contributed by atoms with van der Waals surface area (Å²) in [5, 5.41) is 17.2. The van der Waals surface area contributed by atoms with Gasteiger partial charge in [-0.15, -0.1) is 0 Å². The average Bonchev–Trinajstić information content (AvgIpc) is 2.72. The van der Waals surface area contributed by atoms with E-state index in [0.29, 0.717) is 12.6 Å². The number of likely N-dealkylation sites (tertiary alicyclic amines) is 1. The van der Waals surface area contributed by atoms with E-state index in [9.17, 15) is 0 Å². The van der Waals surface area contributed by atoms with Gasteiger partial charge in [-0.25, -0.2) is 0 Å². The first-order chi connectivity index (χ1) is 9.65. The Morgan fingerprint density at radius 1 is 1.30 bits per heavy atom. The Morgan fingerprint density at radius 3 is 2.60 bits per heavy atom. The molecule has 1 aliphatic heterocycles. The molecule has 1 aliphatic rings. The van der Waals surface area contributed by atoms with Crippen LogP contribution in [-0.4, -0.2) is 52.1 Å². The van der Waals surface area contributed by atoms with Crippen molar-refractivity contribution in [3.63, 3.8) is 0 Å². The van der Waals surface area contributed by atoms with Gasteiger partial charge in [0.15, 0.2) is 0 Å². The molecule has 0 atom stereocenters. The fourth-order valence-corrected chi connectivity index (χ4v) is 3.00. The molecule has 0 amide bonds. The number of nitrogens with zero attached hydrogens (tertiary/aromatic N) is 3. The van der Waals surface area contributed by atoms with Gasteiger partial charge in [0.25, 0.3) is 0 Å². The quantitative estimate of drug-likeness (QED) is 0.818. The van der Waals surface area contributed by atoms with E-state index in [1.54, 1.807) is 0 Å². The molecule has 2 heterocycles. The molecule has 0 aliphatic carbocycles. The van der Waals surface area contributed by atoms with Crippen LogP contribution in [0.3, 0.4) is 0 Å². The third-order valence-electron chi connectivity index (χ3n) is 4.45. The lowest BCUT2D eigenvalue weighted by Gasteiger charge is -2.31. The van der Waals surface area contributed by atoms with Crippen LogP contribution in [0, 0.1) is 13.8 Å². The second-order valence-corrected chi connectivity index (χ2v) is 5.69. The second kappa shape index (κ2) is 7.20.